The van der Waals surface area contributed by atoms with E-state index < -0.39 is 5.97 Å². The number of hydrogen-bond donors (Lipinski definition) is 2. The molecule has 0 radical (unpaired) electrons. The highest BCUT2D eigenvalue weighted by atomic mass is 16.4. The van der Waals surface area contributed by atoms with Crippen molar-refractivity contribution in [3.8, 4) is 22.9 Å². The molecule has 22 heavy (non-hydrogen) atoms. The van der Waals surface area contributed by atoms with E-state index in [1.54, 1.807) is 25.1 Å². The monoisotopic (exact) mass is 293 g/mol. The summed E-state index contributed by atoms with van der Waals surface area (Å²) in [6, 6.07) is 11.6. The van der Waals surface area contributed by atoms with Crippen molar-refractivity contribution in [2.45, 2.75) is 6.92 Å². The topological polar surface area (TPSA) is 94.5 Å². The van der Waals surface area contributed by atoms with Crippen LogP contribution in [0.5, 0.6) is 5.75 Å². The molecular weight excluding hydrogens is 282 g/mol. The Morgan fingerprint density at radius 2 is 2.00 bits per heavy atom. The standard InChI is InChI=1S/C17H11NO4/c1-9-4-12-5-10(8-18)6-14(16(12)22-9)11-2-3-13(17(20)21)15(19)7-11/h2-7,19H,1H3,(H,20,21). The normalized spacial score (nSPS) is 10.5. The number of nitriles is 1. The van der Waals surface area contributed by atoms with Crippen LogP contribution in [0, 0.1) is 18.3 Å². The first kappa shape index (κ1) is 13.7. The summed E-state index contributed by atoms with van der Waals surface area (Å²) in [5, 5.41) is 28.7. The molecule has 0 bridgehead atoms. The Morgan fingerprint density at radius 1 is 1.23 bits per heavy atom. The largest absolute Gasteiger partial charge is 0.507 e. The van der Waals surface area contributed by atoms with E-state index in [1.165, 1.54) is 12.1 Å². The second kappa shape index (κ2) is 4.93. The number of aryl methyl sites for hydroxylation is 1. The maximum Gasteiger partial charge on any atom is 0.339 e. The molecule has 0 spiro atoms. The predicted molar refractivity (Wildman–Crippen MR) is 79.7 cm³/mol. The van der Waals surface area contributed by atoms with Gasteiger partial charge in [0.1, 0.15) is 22.7 Å². The first-order valence-electron chi connectivity index (χ1n) is 6.50. The van der Waals surface area contributed by atoms with Crippen molar-refractivity contribution in [3.63, 3.8) is 0 Å². The summed E-state index contributed by atoms with van der Waals surface area (Å²) >= 11 is 0. The van der Waals surface area contributed by atoms with Crippen LogP contribution in [0.15, 0.2) is 40.8 Å². The highest BCUT2D eigenvalue weighted by molar-refractivity contribution is 5.96. The highest BCUT2D eigenvalue weighted by Crippen LogP contribution is 2.34. The van der Waals surface area contributed by atoms with Gasteiger partial charge in [-0.2, -0.15) is 5.26 Å². The molecule has 2 aromatic carbocycles. The van der Waals surface area contributed by atoms with Gasteiger partial charge >= 0.3 is 5.97 Å². The maximum atomic E-state index is 11.0. The summed E-state index contributed by atoms with van der Waals surface area (Å²) in [6.07, 6.45) is 0. The average molecular weight is 293 g/mol. The summed E-state index contributed by atoms with van der Waals surface area (Å²) in [6.45, 7) is 1.81. The first-order valence-corrected chi connectivity index (χ1v) is 6.50. The number of fused-ring (bicyclic) bond motifs is 1. The van der Waals surface area contributed by atoms with Gasteiger partial charge in [0, 0.05) is 10.9 Å². The van der Waals surface area contributed by atoms with Gasteiger partial charge in [-0.3, -0.25) is 0 Å². The zero-order chi connectivity index (χ0) is 15.9. The number of phenols is 1. The van der Waals surface area contributed by atoms with Crippen LogP contribution >= 0.6 is 0 Å². The number of rotatable bonds is 2. The number of aromatic carboxylic acids is 1. The summed E-state index contributed by atoms with van der Waals surface area (Å²) < 4.78 is 5.66. The molecule has 0 atom stereocenters. The van der Waals surface area contributed by atoms with E-state index in [1.807, 2.05) is 6.07 Å². The Labute approximate surface area is 125 Å². The fourth-order valence-corrected chi connectivity index (χ4v) is 2.44. The Morgan fingerprint density at radius 3 is 2.64 bits per heavy atom. The van der Waals surface area contributed by atoms with E-state index >= 15 is 0 Å². The number of nitrogens with zero attached hydrogens (tertiary/aromatic N) is 1. The van der Waals surface area contributed by atoms with E-state index in [4.69, 9.17) is 14.8 Å². The second-order valence-electron chi connectivity index (χ2n) is 4.95. The van der Waals surface area contributed by atoms with E-state index in [2.05, 4.69) is 6.07 Å². The number of furan rings is 1. The molecule has 0 aliphatic rings. The summed E-state index contributed by atoms with van der Waals surface area (Å²) in [7, 11) is 0. The number of carboxylic acid groups (broad SMARTS) is 1. The minimum absolute atomic E-state index is 0.174. The average Bonchev–Trinajstić information content (AvgIpc) is 2.85. The molecule has 3 rings (SSSR count). The van der Waals surface area contributed by atoms with E-state index in [0.717, 1.165) is 5.39 Å². The SMILES string of the molecule is Cc1cc2cc(C#N)cc(-c3ccc(C(=O)O)c(O)c3)c2o1. The van der Waals surface area contributed by atoms with Crippen LogP contribution in [0.3, 0.4) is 0 Å². The van der Waals surface area contributed by atoms with Gasteiger partial charge in [-0.15, -0.1) is 0 Å². The number of hydrogen-bond acceptors (Lipinski definition) is 4. The fraction of sp³-hybridized carbons (Fsp3) is 0.0588. The number of carboxylic acids is 1. The lowest BCUT2D eigenvalue weighted by Gasteiger charge is -2.06. The molecule has 0 saturated carbocycles. The molecule has 108 valence electrons. The Kier molecular flexibility index (Phi) is 3.08. The molecule has 3 aromatic rings. The molecule has 0 saturated heterocycles. The molecule has 0 aliphatic heterocycles. The van der Waals surface area contributed by atoms with Crippen LogP contribution in [-0.2, 0) is 0 Å². The Bertz CT molecular complexity index is 947. The van der Waals surface area contributed by atoms with Crippen LogP contribution in [0.25, 0.3) is 22.1 Å². The lowest BCUT2D eigenvalue weighted by Crippen LogP contribution is -1.96. The van der Waals surface area contributed by atoms with Crippen LogP contribution in [0.2, 0.25) is 0 Å². The Balaban J connectivity index is 2.27. The van der Waals surface area contributed by atoms with Crippen molar-refractivity contribution in [1.82, 2.24) is 0 Å². The third kappa shape index (κ3) is 2.17. The van der Waals surface area contributed by atoms with Gasteiger partial charge in [0.2, 0.25) is 0 Å². The quantitative estimate of drug-likeness (QED) is 0.751. The zero-order valence-corrected chi connectivity index (χ0v) is 11.6. The molecule has 0 unspecified atom stereocenters. The van der Waals surface area contributed by atoms with Crippen molar-refractivity contribution in [2.75, 3.05) is 0 Å². The second-order valence-corrected chi connectivity index (χ2v) is 4.95. The van der Waals surface area contributed by atoms with Crippen molar-refractivity contribution in [2.24, 2.45) is 0 Å². The van der Waals surface area contributed by atoms with E-state index in [9.17, 15) is 9.90 Å². The molecule has 5 nitrogen and oxygen atoms in total. The lowest BCUT2D eigenvalue weighted by atomic mass is 9.99. The van der Waals surface area contributed by atoms with Crippen molar-refractivity contribution in [1.29, 1.82) is 5.26 Å². The Hall–Kier alpha value is -3.26. The molecular formula is C17H11NO4. The van der Waals surface area contributed by atoms with Gasteiger partial charge in [-0.1, -0.05) is 6.07 Å². The van der Waals surface area contributed by atoms with Gasteiger partial charge in [-0.25, -0.2) is 4.79 Å². The third-order valence-electron chi connectivity index (χ3n) is 3.41. The smallest absolute Gasteiger partial charge is 0.339 e. The van der Waals surface area contributed by atoms with Crippen LogP contribution < -0.4 is 0 Å². The molecule has 2 N–H and O–H groups in total. The molecule has 1 heterocycles. The molecule has 0 aliphatic carbocycles. The van der Waals surface area contributed by atoms with Crippen molar-refractivity contribution >= 4 is 16.9 Å². The first-order chi connectivity index (χ1) is 10.5. The molecule has 0 fully saturated rings. The van der Waals surface area contributed by atoms with Gasteiger partial charge in [0.05, 0.1) is 11.6 Å². The number of aromatic hydroxyl groups is 1. The number of benzene rings is 2. The summed E-state index contributed by atoms with van der Waals surface area (Å²) in [4.78, 5) is 11.0. The van der Waals surface area contributed by atoms with Gasteiger partial charge in [0.25, 0.3) is 0 Å². The van der Waals surface area contributed by atoms with E-state index in [0.29, 0.717) is 28.0 Å². The third-order valence-corrected chi connectivity index (χ3v) is 3.41. The van der Waals surface area contributed by atoms with Gasteiger partial charge < -0.3 is 14.6 Å². The van der Waals surface area contributed by atoms with Gasteiger partial charge in [0.15, 0.2) is 0 Å². The van der Waals surface area contributed by atoms with Crippen molar-refractivity contribution < 1.29 is 19.4 Å². The fourth-order valence-electron chi connectivity index (χ4n) is 2.44. The van der Waals surface area contributed by atoms with Crippen LogP contribution in [0.1, 0.15) is 21.7 Å². The number of carbonyl (C=O) groups is 1. The van der Waals surface area contributed by atoms with Crippen LogP contribution in [-0.4, -0.2) is 16.2 Å². The van der Waals surface area contributed by atoms with Crippen LogP contribution in [0.4, 0.5) is 0 Å². The summed E-state index contributed by atoms with van der Waals surface area (Å²) in [5.41, 5.74) is 2.10. The predicted octanol–water partition coefficient (Wildman–Crippen LogP) is 3.68. The summed E-state index contributed by atoms with van der Waals surface area (Å²) in [5.74, 6) is -0.824. The highest BCUT2D eigenvalue weighted by Gasteiger charge is 2.15. The lowest BCUT2D eigenvalue weighted by molar-refractivity contribution is 0.0694. The van der Waals surface area contributed by atoms with Crippen molar-refractivity contribution in [3.05, 3.63) is 53.3 Å². The van der Waals surface area contributed by atoms with E-state index in [-0.39, 0.29) is 11.3 Å². The molecule has 5 heteroatoms. The molecule has 0 amide bonds. The minimum Gasteiger partial charge on any atom is -0.507 e. The molecule has 1 aromatic heterocycles. The van der Waals surface area contributed by atoms with Gasteiger partial charge in [-0.05, 0) is 42.8 Å². The minimum atomic E-state index is -1.20. The zero-order valence-electron chi connectivity index (χ0n) is 11.6. The maximum absolute atomic E-state index is 11.0.